The maximum absolute atomic E-state index is 13.2. The molecule has 0 spiro atoms. The molecular weight excluding hydrogens is 259 g/mol. The Balaban J connectivity index is 2.09. The molecule has 19 heavy (non-hydrogen) atoms. The van der Waals surface area contributed by atoms with Crippen LogP contribution in [0.15, 0.2) is 64.6 Å². The van der Waals surface area contributed by atoms with Crippen LogP contribution in [0.1, 0.15) is 0 Å². The first-order valence-electron chi connectivity index (χ1n) is 5.80. The van der Waals surface area contributed by atoms with Crippen molar-refractivity contribution in [2.24, 2.45) is 0 Å². The van der Waals surface area contributed by atoms with Gasteiger partial charge in [0.15, 0.2) is 0 Å². The Bertz CT molecular complexity index is 743. The van der Waals surface area contributed by atoms with Gasteiger partial charge in [-0.25, -0.2) is 4.39 Å². The van der Waals surface area contributed by atoms with Crippen molar-refractivity contribution in [1.29, 1.82) is 0 Å². The van der Waals surface area contributed by atoms with Crippen LogP contribution in [0.25, 0.3) is 10.8 Å². The van der Waals surface area contributed by atoms with Crippen molar-refractivity contribution in [3.63, 3.8) is 0 Å². The summed E-state index contributed by atoms with van der Waals surface area (Å²) in [5, 5.41) is 1.95. The molecule has 4 heteroatoms. The zero-order chi connectivity index (χ0) is 13.2. The molecule has 0 aliphatic carbocycles. The summed E-state index contributed by atoms with van der Waals surface area (Å²) in [5.74, 6) is -0.233. The molecule has 0 atom stereocenters. The van der Waals surface area contributed by atoms with Gasteiger partial charge in [0, 0.05) is 38.6 Å². The third-order valence-corrected chi connectivity index (χ3v) is 3.90. The molecule has 2 N–H and O–H groups in total. The average Bonchev–Trinajstić information content (AvgIpc) is 2.42. The smallest absolute Gasteiger partial charge is 0.124 e. The highest BCUT2D eigenvalue weighted by atomic mass is 32.2. The van der Waals surface area contributed by atoms with Gasteiger partial charge in [-0.15, -0.1) is 0 Å². The fraction of sp³-hybridized carbons (Fsp3) is 0. The molecule has 3 rings (SSSR count). The molecule has 2 aromatic carbocycles. The second-order valence-electron chi connectivity index (χ2n) is 4.13. The monoisotopic (exact) mass is 270 g/mol. The molecule has 0 radical (unpaired) electrons. The van der Waals surface area contributed by atoms with Crippen LogP contribution in [-0.4, -0.2) is 4.98 Å². The summed E-state index contributed by atoms with van der Waals surface area (Å²) in [6.45, 7) is 0. The third-order valence-electron chi connectivity index (χ3n) is 2.84. The molecule has 1 aromatic heterocycles. The van der Waals surface area contributed by atoms with Crippen molar-refractivity contribution in [2.45, 2.75) is 9.79 Å². The van der Waals surface area contributed by atoms with Crippen LogP contribution in [0.2, 0.25) is 0 Å². The van der Waals surface area contributed by atoms with E-state index in [-0.39, 0.29) is 5.82 Å². The molecule has 94 valence electrons. The minimum Gasteiger partial charge on any atom is -0.398 e. The first-order chi connectivity index (χ1) is 9.24. The van der Waals surface area contributed by atoms with Gasteiger partial charge in [0.05, 0.1) is 0 Å². The Morgan fingerprint density at radius 1 is 1.05 bits per heavy atom. The molecule has 0 aliphatic heterocycles. The number of pyridine rings is 1. The van der Waals surface area contributed by atoms with Crippen LogP contribution in [-0.2, 0) is 0 Å². The van der Waals surface area contributed by atoms with Crippen LogP contribution in [0, 0.1) is 5.82 Å². The predicted octanol–water partition coefficient (Wildman–Crippen LogP) is 4.11. The second-order valence-corrected chi connectivity index (χ2v) is 5.25. The van der Waals surface area contributed by atoms with Gasteiger partial charge in [0.25, 0.3) is 0 Å². The van der Waals surface area contributed by atoms with Gasteiger partial charge in [-0.3, -0.25) is 4.98 Å². The molecule has 3 aromatic rings. The van der Waals surface area contributed by atoms with Crippen LogP contribution in [0.5, 0.6) is 0 Å². The normalized spacial score (nSPS) is 10.8. The Hall–Kier alpha value is -2.07. The Morgan fingerprint density at radius 2 is 1.95 bits per heavy atom. The van der Waals surface area contributed by atoms with E-state index >= 15 is 0 Å². The number of hydrogen-bond donors (Lipinski definition) is 1. The first-order valence-corrected chi connectivity index (χ1v) is 6.61. The van der Waals surface area contributed by atoms with Crippen LogP contribution in [0.4, 0.5) is 10.1 Å². The maximum atomic E-state index is 13.2. The molecule has 0 amide bonds. The average molecular weight is 270 g/mol. The fourth-order valence-corrected chi connectivity index (χ4v) is 2.91. The lowest BCUT2D eigenvalue weighted by atomic mass is 10.1. The summed E-state index contributed by atoms with van der Waals surface area (Å²) in [4.78, 5) is 6.00. The zero-order valence-corrected chi connectivity index (χ0v) is 10.8. The third kappa shape index (κ3) is 2.39. The number of nitrogens with two attached hydrogens (primary N) is 1. The molecule has 0 saturated heterocycles. The number of benzene rings is 2. The lowest BCUT2D eigenvalue weighted by molar-refractivity contribution is 0.624. The largest absolute Gasteiger partial charge is 0.398 e. The van der Waals surface area contributed by atoms with Crippen molar-refractivity contribution in [3.8, 4) is 0 Å². The van der Waals surface area contributed by atoms with E-state index in [0.717, 1.165) is 26.3 Å². The van der Waals surface area contributed by atoms with E-state index in [1.165, 1.54) is 23.9 Å². The predicted molar refractivity (Wildman–Crippen MR) is 76.7 cm³/mol. The summed E-state index contributed by atoms with van der Waals surface area (Å²) >= 11 is 1.50. The van der Waals surface area contributed by atoms with E-state index in [1.807, 2.05) is 24.3 Å². The van der Waals surface area contributed by atoms with E-state index in [1.54, 1.807) is 18.5 Å². The fourth-order valence-electron chi connectivity index (χ4n) is 1.93. The molecule has 0 saturated carbocycles. The molecule has 0 unspecified atom stereocenters. The second kappa shape index (κ2) is 4.90. The van der Waals surface area contributed by atoms with Crippen molar-refractivity contribution in [3.05, 3.63) is 60.7 Å². The summed E-state index contributed by atoms with van der Waals surface area (Å²) in [6.07, 6.45) is 3.50. The molecule has 2 nitrogen and oxygen atoms in total. The van der Waals surface area contributed by atoms with Gasteiger partial charge < -0.3 is 5.73 Å². The van der Waals surface area contributed by atoms with Crippen molar-refractivity contribution in [1.82, 2.24) is 4.98 Å². The van der Waals surface area contributed by atoms with E-state index < -0.39 is 0 Å². The topological polar surface area (TPSA) is 38.9 Å². The van der Waals surface area contributed by atoms with Crippen LogP contribution >= 0.6 is 11.8 Å². The van der Waals surface area contributed by atoms with Crippen molar-refractivity contribution in [2.75, 3.05) is 5.73 Å². The number of fused-ring (bicyclic) bond motifs is 1. The molecule has 0 fully saturated rings. The zero-order valence-electron chi connectivity index (χ0n) is 10.0. The lowest BCUT2D eigenvalue weighted by Crippen LogP contribution is -1.89. The number of aromatic nitrogens is 1. The van der Waals surface area contributed by atoms with E-state index in [0.29, 0.717) is 0 Å². The Kier molecular flexibility index (Phi) is 3.09. The van der Waals surface area contributed by atoms with Gasteiger partial charge in [-0.05, 0) is 36.4 Å². The van der Waals surface area contributed by atoms with Gasteiger partial charge in [0.1, 0.15) is 5.82 Å². The van der Waals surface area contributed by atoms with Gasteiger partial charge in [0.2, 0.25) is 0 Å². The first kappa shape index (κ1) is 12.0. The maximum Gasteiger partial charge on any atom is 0.124 e. The van der Waals surface area contributed by atoms with Crippen LogP contribution < -0.4 is 5.73 Å². The number of nitrogen functional groups attached to an aromatic ring is 1. The van der Waals surface area contributed by atoms with E-state index in [9.17, 15) is 4.39 Å². The number of hydrogen-bond acceptors (Lipinski definition) is 3. The number of halogens is 1. The highest BCUT2D eigenvalue weighted by Crippen LogP contribution is 2.35. The van der Waals surface area contributed by atoms with Gasteiger partial charge >= 0.3 is 0 Å². The molecule has 1 heterocycles. The Labute approximate surface area is 114 Å². The van der Waals surface area contributed by atoms with E-state index in [2.05, 4.69) is 4.98 Å². The Morgan fingerprint density at radius 3 is 2.79 bits per heavy atom. The quantitative estimate of drug-likeness (QED) is 0.712. The molecule has 0 bridgehead atoms. The number of rotatable bonds is 2. The minimum absolute atomic E-state index is 0.233. The van der Waals surface area contributed by atoms with Crippen molar-refractivity contribution < 1.29 is 4.39 Å². The molecule has 0 aliphatic rings. The number of anilines is 1. The van der Waals surface area contributed by atoms with Crippen LogP contribution in [0.3, 0.4) is 0 Å². The highest BCUT2D eigenvalue weighted by molar-refractivity contribution is 7.99. The summed E-state index contributed by atoms with van der Waals surface area (Å²) in [7, 11) is 0. The summed E-state index contributed by atoms with van der Waals surface area (Å²) < 4.78 is 13.2. The van der Waals surface area contributed by atoms with E-state index in [4.69, 9.17) is 5.73 Å². The summed E-state index contributed by atoms with van der Waals surface area (Å²) in [5.41, 5.74) is 6.67. The standard InChI is InChI=1S/C15H11FN2S/c16-10-2-1-3-11(8-10)19-15-5-4-14(17)12-6-7-18-9-13(12)15/h1-9H,17H2. The SMILES string of the molecule is Nc1ccc(Sc2cccc(F)c2)c2cnccc12. The van der Waals surface area contributed by atoms with Gasteiger partial charge in [-0.2, -0.15) is 0 Å². The molecular formula is C15H11FN2S. The minimum atomic E-state index is -0.233. The van der Waals surface area contributed by atoms with Crippen molar-refractivity contribution >= 4 is 28.2 Å². The highest BCUT2D eigenvalue weighted by Gasteiger charge is 2.06. The summed E-state index contributed by atoms with van der Waals surface area (Å²) in [6, 6.07) is 12.2. The lowest BCUT2D eigenvalue weighted by Gasteiger charge is -2.08. The number of nitrogens with zero attached hydrogens (tertiary/aromatic N) is 1. The van der Waals surface area contributed by atoms with Gasteiger partial charge in [-0.1, -0.05) is 17.8 Å².